The summed E-state index contributed by atoms with van der Waals surface area (Å²) in [4.78, 5) is 31.9. The van der Waals surface area contributed by atoms with E-state index in [1.807, 2.05) is 0 Å². The maximum Gasteiger partial charge on any atom is 0.225 e. The highest BCUT2D eigenvalue weighted by atomic mass is 16.2. The summed E-state index contributed by atoms with van der Waals surface area (Å²) < 4.78 is 0. The molecule has 26 heavy (non-hydrogen) atoms. The van der Waals surface area contributed by atoms with E-state index in [2.05, 4.69) is 28.2 Å². The Bertz CT molecular complexity index is 497. The van der Waals surface area contributed by atoms with Gasteiger partial charge in [-0.2, -0.15) is 0 Å². The third-order valence-electron chi connectivity index (χ3n) is 6.83. The molecule has 3 fully saturated rings. The smallest absolute Gasteiger partial charge is 0.225 e. The van der Waals surface area contributed by atoms with Gasteiger partial charge in [0.1, 0.15) is 0 Å². The number of rotatable bonds is 5. The van der Waals surface area contributed by atoms with Gasteiger partial charge < -0.3 is 9.80 Å². The molecule has 2 aliphatic heterocycles. The molecule has 0 spiro atoms. The standard InChI is InChI=1S/C21H35N3O2/c1-3-20(25)17-5-7-18(8-6-17)21(26)24-11-9-19(10-12-24)23-15-13-22(4-2)14-16-23/h3,17-19H,1,4-16H2,2H3. The predicted octanol–water partition coefficient (Wildman–Crippen LogP) is 2.18. The van der Waals surface area contributed by atoms with E-state index in [4.69, 9.17) is 0 Å². The number of carbonyl (C=O) groups is 2. The van der Waals surface area contributed by atoms with E-state index in [0.717, 1.165) is 58.2 Å². The van der Waals surface area contributed by atoms with Gasteiger partial charge in [0.25, 0.3) is 0 Å². The summed E-state index contributed by atoms with van der Waals surface area (Å²) in [6.07, 6.45) is 7.09. The molecular formula is C21H35N3O2. The zero-order valence-corrected chi connectivity index (χ0v) is 16.4. The van der Waals surface area contributed by atoms with Crippen molar-refractivity contribution < 1.29 is 9.59 Å². The molecule has 3 rings (SSSR count). The number of likely N-dealkylation sites (N-methyl/N-ethyl adjacent to an activating group) is 1. The Kier molecular flexibility index (Phi) is 6.87. The number of ketones is 1. The lowest BCUT2D eigenvalue weighted by Gasteiger charge is -2.43. The van der Waals surface area contributed by atoms with Crippen molar-refractivity contribution in [2.75, 3.05) is 45.8 Å². The number of piperidine rings is 1. The minimum atomic E-state index is 0.101. The fourth-order valence-electron chi connectivity index (χ4n) is 4.95. The molecule has 2 heterocycles. The highest BCUT2D eigenvalue weighted by Gasteiger charge is 2.34. The first-order valence-electron chi connectivity index (χ1n) is 10.5. The van der Waals surface area contributed by atoms with E-state index in [-0.39, 0.29) is 17.6 Å². The number of hydrogen-bond acceptors (Lipinski definition) is 4. The average molecular weight is 362 g/mol. The lowest BCUT2D eigenvalue weighted by Crippen LogP contribution is -2.54. The fraction of sp³-hybridized carbons (Fsp3) is 0.810. The predicted molar refractivity (Wildman–Crippen MR) is 104 cm³/mol. The zero-order chi connectivity index (χ0) is 18.5. The lowest BCUT2D eigenvalue weighted by molar-refractivity contribution is -0.139. The quantitative estimate of drug-likeness (QED) is 0.704. The highest BCUT2D eigenvalue weighted by Crippen LogP contribution is 2.31. The third-order valence-corrected chi connectivity index (χ3v) is 6.83. The second-order valence-electron chi connectivity index (χ2n) is 8.18. The van der Waals surface area contributed by atoms with Gasteiger partial charge in [0.15, 0.2) is 5.78 Å². The summed E-state index contributed by atoms with van der Waals surface area (Å²) in [6.45, 7) is 13.5. The molecule has 5 heteroatoms. The van der Waals surface area contributed by atoms with E-state index in [9.17, 15) is 9.59 Å². The van der Waals surface area contributed by atoms with Crippen LogP contribution >= 0.6 is 0 Å². The first kappa shape index (κ1) is 19.6. The first-order chi connectivity index (χ1) is 12.6. The Morgan fingerprint density at radius 2 is 1.46 bits per heavy atom. The summed E-state index contributed by atoms with van der Waals surface area (Å²) in [6, 6.07) is 0.652. The maximum absolute atomic E-state index is 12.9. The lowest BCUT2D eigenvalue weighted by atomic mass is 9.79. The average Bonchev–Trinajstić information content (AvgIpc) is 2.73. The van der Waals surface area contributed by atoms with Gasteiger partial charge in [-0.15, -0.1) is 0 Å². The van der Waals surface area contributed by atoms with Crippen LogP contribution in [-0.4, -0.2) is 78.2 Å². The molecule has 0 atom stereocenters. The molecular weight excluding hydrogens is 326 g/mol. The number of nitrogens with zero attached hydrogens (tertiary/aromatic N) is 3. The molecule has 0 unspecified atom stereocenters. The Morgan fingerprint density at radius 1 is 0.885 bits per heavy atom. The van der Waals surface area contributed by atoms with Gasteiger partial charge in [-0.3, -0.25) is 14.5 Å². The topological polar surface area (TPSA) is 43.9 Å². The molecule has 0 aromatic rings. The summed E-state index contributed by atoms with van der Waals surface area (Å²) in [5.41, 5.74) is 0. The molecule has 146 valence electrons. The van der Waals surface area contributed by atoms with Crippen molar-refractivity contribution in [1.29, 1.82) is 0 Å². The Balaban J connectivity index is 1.41. The normalized spacial score (nSPS) is 29.5. The van der Waals surface area contributed by atoms with E-state index >= 15 is 0 Å². The number of allylic oxidation sites excluding steroid dienone is 1. The van der Waals surface area contributed by atoms with Gasteiger partial charge in [0, 0.05) is 57.1 Å². The van der Waals surface area contributed by atoms with Crippen molar-refractivity contribution in [2.24, 2.45) is 11.8 Å². The van der Waals surface area contributed by atoms with Gasteiger partial charge in [0.05, 0.1) is 0 Å². The van der Waals surface area contributed by atoms with Crippen molar-refractivity contribution in [3.63, 3.8) is 0 Å². The largest absolute Gasteiger partial charge is 0.342 e. The van der Waals surface area contributed by atoms with Crippen molar-refractivity contribution in [1.82, 2.24) is 14.7 Å². The second-order valence-corrected chi connectivity index (χ2v) is 8.18. The van der Waals surface area contributed by atoms with Crippen LogP contribution in [0.3, 0.4) is 0 Å². The van der Waals surface area contributed by atoms with E-state index in [1.54, 1.807) is 0 Å². The van der Waals surface area contributed by atoms with E-state index in [1.165, 1.54) is 32.3 Å². The monoisotopic (exact) mass is 361 g/mol. The van der Waals surface area contributed by atoms with Crippen LogP contribution in [0.1, 0.15) is 45.4 Å². The molecule has 0 N–H and O–H groups in total. The van der Waals surface area contributed by atoms with Crippen LogP contribution in [0.25, 0.3) is 0 Å². The molecule has 0 aromatic carbocycles. The van der Waals surface area contributed by atoms with Gasteiger partial charge in [0.2, 0.25) is 5.91 Å². The van der Waals surface area contributed by atoms with Crippen molar-refractivity contribution in [3.8, 4) is 0 Å². The highest BCUT2D eigenvalue weighted by molar-refractivity contribution is 5.91. The van der Waals surface area contributed by atoms with E-state index in [0.29, 0.717) is 11.9 Å². The molecule has 1 amide bonds. The number of amides is 1. The zero-order valence-electron chi connectivity index (χ0n) is 16.4. The van der Waals surface area contributed by atoms with Crippen LogP contribution in [0.4, 0.5) is 0 Å². The Hall–Kier alpha value is -1.20. The van der Waals surface area contributed by atoms with Crippen LogP contribution in [0.2, 0.25) is 0 Å². The number of hydrogen-bond donors (Lipinski definition) is 0. The summed E-state index contributed by atoms with van der Waals surface area (Å²) >= 11 is 0. The molecule has 5 nitrogen and oxygen atoms in total. The van der Waals surface area contributed by atoms with Crippen molar-refractivity contribution >= 4 is 11.7 Å². The molecule has 1 saturated carbocycles. The SMILES string of the molecule is C=CC(=O)C1CCC(C(=O)N2CCC(N3CCN(CC)CC3)CC2)CC1. The van der Waals surface area contributed by atoms with Crippen LogP contribution in [-0.2, 0) is 9.59 Å². The van der Waals surface area contributed by atoms with Crippen molar-refractivity contribution in [2.45, 2.75) is 51.5 Å². The van der Waals surface area contributed by atoms with Crippen molar-refractivity contribution in [3.05, 3.63) is 12.7 Å². The minimum Gasteiger partial charge on any atom is -0.342 e. The van der Waals surface area contributed by atoms with Gasteiger partial charge >= 0.3 is 0 Å². The van der Waals surface area contributed by atoms with Crippen LogP contribution in [0.5, 0.6) is 0 Å². The third kappa shape index (κ3) is 4.55. The summed E-state index contributed by atoms with van der Waals surface area (Å²) in [7, 11) is 0. The summed E-state index contributed by atoms with van der Waals surface area (Å²) in [5.74, 6) is 0.723. The van der Waals surface area contributed by atoms with Gasteiger partial charge in [-0.1, -0.05) is 13.5 Å². The summed E-state index contributed by atoms with van der Waals surface area (Å²) in [5, 5.41) is 0. The number of likely N-dealkylation sites (tertiary alicyclic amines) is 1. The second kappa shape index (κ2) is 9.14. The molecule has 2 saturated heterocycles. The molecule has 0 bridgehead atoms. The Morgan fingerprint density at radius 3 is 2.00 bits per heavy atom. The van der Waals surface area contributed by atoms with Gasteiger partial charge in [-0.05, 0) is 51.1 Å². The molecule has 1 aliphatic carbocycles. The maximum atomic E-state index is 12.9. The fourth-order valence-corrected chi connectivity index (χ4v) is 4.95. The Labute approximate surface area is 158 Å². The number of piperazine rings is 1. The first-order valence-corrected chi connectivity index (χ1v) is 10.5. The number of carbonyl (C=O) groups excluding carboxylic acids is 2. The van der Waals surface area contributed by atoms with E-state index < -0.39 is 0 Å². The molecule has 0 aromatic heterocycles. The molecule has 3 aliphatic rings. The van der Waals surface area contributed by atoms with Crippen LogP contribution in [0, 0.1) is 11.8 Å². The van der Waals surface area contributed by atoms with Crippen LogP contribution in [0.15, 0.2) is 12.7 Å². The van der Waals surface area contributed by atoms with Crippen LogP contribution < -0.4 is 0 Å². The molecule has 0 radical (unpaired) electrons. The van der Waals surface area contributed by atoms with Gasteiger partial charge in [-0.25, -0.2) is 0 Å². The minimum absolute atomic E-state index is 0.101.